The highest BCUT2D eigenvalue weighted by Crippen LogP contribution is 2.21. The molecule has 0 aliphatic rings. The van der Waals surface area contributed by atoms with Crippen LogP contribution in [0.5, 0.6) is 0 Å². The zero-order valence-corrected chi connectivity index (χ0v) is 25.3. The van der Waals surface area contributed by atoms with E-state index in [-0.39, 0.29) is 0 Å². The molecule has 0 nitrogen and oxygen atoms in total. The number of thiocarbonyl (C=S) groups is 2. The lowest BCUT2D eigenvalue weighted by Gasteiger charge is -2.15. The average Bonchev–Trinajstić information content (AvgIpc) is 2.71. The van der Waals surface area contributed by atoms with E-state index in [0.29, 0.717) is 0 Å². The third-order valence-corrected chi connectivity index (χ3v) is 12.0. The smallest absolute Gasteiger partial charge is 0.0778 e. The van der Waals surface area contributed by atoms with Gasteiger partial charge >= 0.3 is 0 Å². The minimum Gasteiger partial charge on any atom is -0.114 e. The molecule has 0 bridgehead atoms. The summed E-state index contributed by atoms with van der Waals surface area (Å²) >= 11 is 14.8. The number of thioether (sulfide) groups is 2. The van der Waals surface area contributed by atoms with E-state index in [2.05, 4.69) is 99.7 Å². The molecule has 170 valence electrons. The second-order valence-corrected chi connectivity index (χ2v) is 25.1. The number of hydrogen-bond acceptors (Lipinski definition) is 4. The van der Waals surface area contributed by atoms with Gasteiger partial charge in [0.2, 0.25) is 0 Å². The Balaban J connectivity index is 1.90. The summed E-state index contributed by atoms with van der Waals surface area (Å²) in [5.41, 5.74) is 4.25. The molecule has 2 rings (SSSR count). The maximum Gasteiger partial charge on any atom is 0.0778 e. The monoisotopic (exact) mass is 530 g/mol. The van der Waals surface area contributed by atoms with Gasteiger partial charge in [-0.05, 0) is 59.0 Å². The van der Waals surface area contributed by atoms with Crippen LogP contribution in [-0.4, -0.2) is 36.0 Å². The van der Waals surface area contributed by atoms with E-state index >= 15 is 0 Å². The summed E-state index contributed by atoms with van der Waals surface area (Å²) in [6, 6.07) is 19.2. The van der Waals surface area contributed by atoms with Gasteiger partial charge in [0.15, 0.2) is 0 Å². The van der Waals surface area contributed by atoms with Gasteiger partial charge in [0, 0.05) is 27.3 Å². The van der Waals surface area contributed by atoms with Crippen molar-refractivity contribution in [1.82, 2.24) is 0 Å². The summed E-state index contributed by atoms with van der Waals surface area (Å²) in [7, 11) is -2.01. The van der Waals surface area contributed by atoms with Crippen LogP contribution in [0.2, 0.25) is 51.4 Å². The Morgan fingerprint density at radius 2 is 0.938 bits per heavy atom. The standard InChI is InChI=1S/C26H34S4Si2/c1-31(2,3)19-17-29-25(27)23-13-9-21(10-14-23)7-8-22-11-15-24(16-12-22)26(28)30-18-20-32(4,5)6/h9-16H,17-20H2,1-6H3. The Morgan fingerprint density at radius 3 is 1.22 bits per heavy atom. The molecular weight excluding hydrogens is 497 g/mol. The lowest BCUT2D eigenvalue weighted by atomic mass is 10.1. The third-order valence-electron chi connectivity index (χ3n) is 4.76. The highest BCUT2D eigenvalue weighted by Gasteiger charge is 2.14. The molecule has 0 N–H and O–H groups in total. The van der Waals surface area contributed by atoms with Crippen LogP contribution in [0.15, 0.2) is 48.5 Å². The number of hydrogen-bond donors (Lipinski definition) is 0. The second-order valence-electron chi connectivity index (χ2n) is 10.3. The first-order valence-corrected chi connectivity index (χ1v) is 21.2. The summed E-state index contributed by atoms with van der Waals surface area (Å²) < 4.78 is 1.97. The predicted molar refractivity (Wildman–Crippen MR) is 163 cm³/mol. The fourth-order valence-electron chi connectivity index (χ4n) is 2.59. The molecule has 0 atom stereocenters. The summed E-state index contributed by atoms with van der Waals surface area (Å²) in [6.45, 7) is 14.4. The SMILES string of the molecule is C[Si](C)(C)CCSC(=S)c1ccc(C#Cc2ccc(C(=S)SCC[Si](C)(C)C)cc2)cc1. The first-order chi connectivity index (χ1) is 14.9. The van der Waals surface area contributed by atoms with Crippen molar-refractivity contribution in [2.45, 2.75) is 51.4 Å². The summed E-state index contributed by atoms with van der Waals surface area (Å²) in [5, 5.41) is 0. The van der Waals surface area contributed by atoms with E-state index in [1.54, 1.807) is 23.5 Å². The normalized spacial score (nSPS) is 11.6. The van der Waals surface area contributed by atoms with Gasteiger partial charge in [-0.25, -0.2) is 0 Å². The minimum absolute atomic E-state index is 0.983. The van der Waals surface area contributed by atoms with E-state index in [0.717, 1.165) is 42.2 Å². The molecule has 0 spiro atoms. The van der Waals surface area contributed by atoms with E-state index < -0.39 is 16.1 Å². The van der Waals surface area contributed by atoms with Crippen LogP contribution < -0.4 is 0 Å². The summed E-state index contributed by atoms with van der Waals surface area (Å²) in [4.78, 5) is 0. The van der Waals surface area contributed by atoms with Crippen LogP contribution in [-0.2, 0) is 0 Å². The molecule has 0 amide bonds. The Morgan fingerprint density at radius 1 is 0.625 bits per heavy atom. The Labute approximate surface area is 216 Å². The van der Waals surface area contributed by atoms with Crippen LogP contribution in [0.1, 0.15) is 22.3 Å². The number of rotatable bonds is 8. The van der Waals surface area contributed by atoms with Gasteiger partial charge in [0.05, 0.1) is 8.39 Å². The van der Waals surface area contributed by atoms with Gasteiger partial charge in [-0.2, -0.15) is 0 Å². The third kappa shape index (κ3) is 11.0. The molecule has 0 aliphatic carbocycles. The molecule has 0 saturated heterocycles. The summed E-state index contributed by atoms with van der Waals surface area (Å²) in [6.07, 6.45) is 0. The lowest BCUT2D eigenvalue weighted by molar-refractivity contribution is 1.38. The van der Waals surface area contributed by atoms with Crippen LogP contribution in [0.25, 0.3) is 0 Å². The Kier molecular flexibility index (Phi) is 10.9. The van der Waals surface area contributed by atoms with Crippen molar-refractivity contribution in [3.05, 3.63) is 70.8 Å². The van der Waals surface area contributed by atoms with Crippen LogP contribution in [0.3, 0.4) is 0 Å². The fourth-order valence-corrected chi connectivity index (χ4v) is 10.1. The molecule has 0 heterocycles. The molecule has 0 unspecified atom stereocenters. The minimum atomic E-state index is -1.01. The van der Waals surface area contributed by atoms with Crippen molar-refractivity contribution in [2.24, 2.45) is 0 Å². The van der Waals surface area contributed by atoms with E-state index in [1.807, 2.05) is 0 Å². The van der Waals surface area contributed by atoms with Gasteiger partial charge in [-0.15, -0.1) is 23.5 Å². The predicted octanol–water partition coefficient (Wildman–Crippen LogP) is 8.58. The highest BCUT2D eigenvalue weighted by atomic mass is 32.2. The maximum absolute atomic E-state index is 5.60. The molecule has 0 aromatic heterocycles. The first kappa shape index (κ1) is 27.6. The van der Waals surface area contributed by atoms with Crippen molar-refractivity contribution in [2.75, 3.05) is 11.5 Å². The van der Waals surface area contributed by atoms with Gasteiger partial charge in [0.1, 0.15) is 0 Å². The largest absolute Gasteiger partial charge is 0.114 e. The van der Waals surface area contributed by atoms with Crippen molar-refractivity contribution < 1.29 is 0 Å². The first-order valence-electron chi connectivity index (χ1n) is 11.0. The molecule has 0 aliphatic heterocycles. The van der Waals surface area contributed by atoms with Crippen molar-refractivity contribution in [1.29, 1.82) is 0 Å². The zero-order chi connectivity index (χ0) is 23.8. The van der Waals surface area contributed by atoms with Crippen molar-refractivity contribution in [3.63, 3.8) is 0 Å². The summed E-state index contributed by atoms with van der Waals surface area (Å²) in [5.74, 6) is 8.76. The zero-order valence-electron chi connectivity index (χ0n) is 20.1. The molecule has 0 fully saturated rings. The Hall–Kier alpha value is -0.686. The van der Waals surface area contributed by atoms with Crippen molar-refractivity contribution >= 4 is 72.5 Å². The second kappa shape index (κ2) is 12.7. The molecule has 0 radical (unpaired) electrons. The van der Waals surface area contributed by atoms with E-state index in [1.165, 1.54) is 12.1 Å². The maximum atomic E-state index is 5.60. The Bertz CT molecular complexity index is 891. The van der Waals surface area contributed by atoms with E-state index in [9.17, 15) is 0 Å². The van der Waals surface area contributed by atoms with Gasteiger partial charge in [-0.3, -0.25) is 0 Å². The fraction of sp³-hybridized carbons (Fsp3) is 0.385. The molecule has 32 heavy (non-hydrogen) atoms. The van der Waals surface area contributed by atoms with E-state index in [4.69, 9.17) is 24.4 Å². The van der Waals surface area contributed by atoms with Crippen LogP contribution in [0, 0.1) is 11.8 Å². The van der Waals surface area contributed by atoms with Gasteiger partial charge in [0.25, 0.3) is 0 Å². The lowest BCUT2D eigenvalue weighted by Crippen LogP contribution is -2.20. The number of benzene rings is 2. The molecule has 6 heteroatoms. The highest BCUT2D eigenvalue weighted by molar-refractivity contribution is 8.24. The van der Waals surface area contributed by atoms with Crippen molar-refractivity contribution in [3.8, 4) is 11.8 Å². The molecule has 2 aromatic rings. The molecular formula is C26H34S4Si2. The average molecular weight is 531 g/mol. The van der Waals surface area contributed by atoms with Crippen LogP contribution in [0.4, 0.5) is 0 Å². The van der Waals surface area contributed by atoms with Gasteiger partial charge in [-0.1, -0.05) is 99.8 Å². The molecule has 2 aromatic carbocycles. The van der Waals surface area contributed by atoms with Gasteiger partial charge < -0.3 is 0 Å². The quantitative estimate of drug-likeness (QED) is 0.190. The topological polar surface area (TPSA) is 0 Å². The molecule has 0 saturated carbocycles. The van der Waals surface area contributed by atoms with Crippen LogP contribution >= 0.6 is 48.0 Å².